The summed E-state index contributed by atoms with van der Waals surface area (Å²) in [6, 6.07) is 9.46. The number of phenolic OH excluding ortho intramolecular Hbond substituents is 1. The number of hydrogen-bond donors (Lipinski definition) is 3. The third kappa shape index (κ3) is 2.17. The van der Waals surface area contributed by atoms with Crippen LogP contribution in [0.4, 0.5) is 0 Å². The Bertz CT molecular complexity index is 569. The third-order valence-corrected chi connectivity index (χ3v) is 2.50. The summed E-state index contributed by atoms with van der Waals surface area (Å²) in [6.45, 7) is 0. The van der Waals surface area contributed by atoms with E-state index in [1.165, 1.54) is 12.1 Å². The fourth-order valence-corrected chi connectivity index (χ4v) is 1.90. The Morgan fingerprint density at radius 3 is 2.31 bits per heavy atom. The topological polar surface area (TPSA) is 87.0 Å². The summed E-state index contributed by atoms with van der Waals surface area (Å²) in [5, 5.41) is 10.5. The van der Waals surface area contributed by atoms with Crippen molar-refractivity contribution in [3.8, 4) is 11.5 Å². The highest BCUT2D eigenvalue weighted by atomic mass is 31.2. The van der Waals surface area contributed by atoms with E-state index in [2.05, 4.69) is 4.52 Å². The van der Waals surface area contributed by atoms with E-state index in [4.69, 9.17) is 9.79 Å². The number of hydrogen-bond acceptors (Lipinski definition) is 3. The number of phosphoric acid groups is 1. The van der Waals surface area contributed by atoms with Crippen LogP contribution in [0.3, 0.4) is 0 Å². The molecule has 16 heavy (non-hydrogen) atoms. The lowest BCUT2D eigenvalue weighted by Crippen LogP contribution is -1.91. The van der Waals surface area contributed by atoms with Crippen molar-refractivity contribution in [2.24, 2.45) is 0 Å². The molecule has 0 heterocycles. The maximum absolute atomic E-state index is 10.7. The summed E-state index contributed by atoms with van der Waals surface area (Å²) < 4.78 is 15.2. The smallest absolute Gasteiger partial charge is 0.507 e. The molecule has 2 aromatic rings. The second-order valence-corrected chi connectivity index (χ2v) is 4.38. The number of phenols is 1. The molecule has 0 saturated carbocycles. The molecular weight excluding hydrogens is 231 g/mol. The summed E-state index contributed by atoms with van der Waals surface area (Å²) in [4.78, 5) is 17.5. The van der Waals surface area contributed by atoms with Crippen LogP contribution < -0.4 is 4.52 Å². The third-order valence-electron chi connectivity index (χ3n) is 2.06. The molecular formula is C10H9O5P. The fraction of sp³-hybridized carbons (Fsp3) is 0. The second-order valence-electron chi connectivity index (χ2n) is 3.21. The number of benzene rings is 2. The van der Waals surface area contributed by atoms with Crippen molar-refractivity contribution in [3.05, 3.63) is 36.4 Å². The average molecular weight is 240 g/mol. The van der Waals surface area contributed by atoms with E-state index in [0.29, 0.717) is 5.39 Å². The van der Waals surface area contributed by atoms with Gasteiger partial charge >= 0.3 is 7.82 Å². The van der Waals surface area contributed by atoms with Crippen molar-refractivity contribution in [1.82, 2.24) is 0 Å². The molecule has 84 valence electrons. The largest absolute Gasteiger partial charge is 0.524 e. The molecule has 0 bridgehead atoms. The van der Waals surface area contributed by atoms with E-state index >= 15 is 0 Å². The molecule has 2 aromatic carbocycles. The highest BCUT2D eigenvalue weighted by Crippen LogP contribution is 2.42. The number of rotatable bonds is 2. The molecule has 0 atom stereocenters. The Morgan fingerprint density at radius 2 is 1.69 bits per heavy atom. The van der Waals surface area contributed by atoms with Gasteiger partial charge in [-0.25, -0.2) is 4.57 Å². The van der Waals surface area contributed by atoms with Crippen molar-refractivity contribution in [3.63, 3.8) is 0 Å². The van der Waals surface area contributed by atoms with E-state index < -0.39 is 7.82 Å². The van der Waals surface area contributed by atoms with Gasteiger partial charge in [-0.3, -0.25) is 9.79 Å². The maximum Gasteiger partial charge on any atom is 0.524 e. The zero-order valence-electron chi connectivity index (χ0n) is 8.07. The first-order valence-corrected chi connectivity index (χ1v) is 5.96. The van der Waals surface area contributed by atoms with Crippen LogP contribution in [0.15, 0.2) is 36.4 Å². The van der Waals surface area contributed by atoms with Gasteiger partial charge in [-0.2, -0.15) is 0 Å². The predicted molar refractivity (Wildman–Crippen MR) is 58.3 cm³/mol. The van der Waals surface area contributed by atoms with Crippen LogP contribution in [0, 0.1) is 0 Å². The van der Waals surface area contributed by atoms with Crippen LogP contribution in [0.2, 0.25) is 0 Å². The highest BCUT2D eigenvalue weighted by Gasteiger charge is 2.18. The molecule has 0 radical (unpaired) electrons. The van der Waals surface area contributed by atoms with Gasteiger partial charge in [0, 0.05) is 0 Å². The van der Waals surface area contributed by atoms with E-state index in [9.17, 15) is 9.67 Å². The molecule has 0 fully saturated rings. The Kier molecular flexibility index (Phi) is 2.59. The van der Waals surface area contributed by atoms with Crippen molar-refractivity contribution >= 4 is 18.6 Å². The first kappa shape index (κ1) is 11.0. The predicted octanol–water partition coefficient (Wildman–Crippen LogP) is 2.02. The van der Waals surface area contributed by atoms with Crippen LogP contribution in [-0.4, -0.2) is 14.9 Å². The molecule has 2 rings (SSSR count). The monoisotopic (exact) mass is 240 g/mol. The quantitative estimate of drug-likeness (QED) is 0.699. The van der Waals surface area contributed by atoms with E-state index in [1.54, 1.807) is 24.3 Å². The second kappa shape index (κ2) is 3.79. The van der Waals surface area contributed by atoms with E-state index in [0.717, 1.165) is 0 Å². The molecule has 0 aromatic heterocycles. The zero-order valence-corrected chi connectivity index (χ0v) is 8.96. The number of fused-ring (bicyclic) bond motifs is 1. The summed E-state index contributed by atoms with van der Waals surface area (Å²) in [6.07, 6.45) is 0. The highest BCUT2D eigenvalue weighted by molar-refractivity contribution is 7.46. The van der Waals surface area contributed by atoms with Crippen molar-refractivity contribution in [1.29, 1.82) is 0 Å². The van der Waals surface area contributed by atoms with E-state index in [1.807, 2.05) is 0 Å². The van der Waals surface area contributed by atoms with Gasteiger partial charge in [-0.05, 0) is 17.5 Å². The molecule has 0 spiro atoms. The SMILES string of the molecule is O=P(O)(O)Oc1cccc2cccc(O)c12. The summed E-state index contributed by atoms with van der Waals surface area (Å²) in [5.74, 6) is -0.120. The Balaban J connectivity index is 2.66. The lowest BCUT2D eigenvalue weighted by Gasteiger charge is -2.10. The molecule has 3 N–H and O–H groups in total. The average Bonchev–Trinajstić information content (AvgIpc) is 2.15. The first-order valence-electron chi connectivity index (χ1n) is 4.43. The van der Waals surface area contributed by atoms with Gasteiger partial charge in [0.25, 0.3) is 0 Å². The van der Waals surface area contributed by atoms with Gasteiger partial charge in [-0.15, -0.1) is 0 Å². The van der Waals surface area contributed by atoms with Gasteiger partial charge in [-0.1, -0.05) is 24.3 Å². The minimum atomic E-state index is -4.62. The van der Waals surface area contributed by atoms with Crippen LogP contribution in [-0.2, 0) is 4.57 Å². The Labute approximate surface area is 91.2 Å². The zero-order chi connectivity index (χ0) is 11.8. The molecule has 6 heteroatoms. The van der Waals surface area contributed by atoms with Gasteiger partial charge in [0.05, 0.1) is 5.39 Å². The summed E-state index contributed by atoms with van der Waals surface area (Å²) >= 11 is 0. The minimum absolute atomic E-state index is 0.0380. The number of phosphoric ester groups is 1. The molecule has 0 aliphatic rings. The summed E-state index contributed by atoms with van der Waals surface area (Å²) in [5.41, 5.74) is 0. The van der Waals surface area contributed by atoms with Gasteiger partial charge in [0.15, 0.2) is 0 Å². The molecule has 5 nitrogen and oxygen atoms in total. The summed E-state index contributed by atoms with van der Waals surface area (Å²) in [7, 11) is -4.62. The van der Waals surface area contributed by atoms with Crippen molar-refractivity contribution < 1.29 is 24.0 Å². The lowest BCUT2D eigenvalue weighted by molar-refractivity contribution is 0.284. The van der Waals surface area contributed by atoms with Crippen molar-refractivity contribution in [2.75, 3.05) is 0 Å². The van der Waals surface area contributed by atoms with Crippen molar-refractivity contribution in [2.45, 2.75) is 0 Å². The standard InChI is InChI=1S/C10H9O5P/c11-8-5-1-3-7-4-2-6-9(10(7)8)15-16(12,13)14/h1-6,11H,(H2,12,13,14). The van der Waals surface area contributed by atoms with Gasteiger partial charge in [0.1, 0.15) is 11.5 Å². The van der Waals surface area contributed by atoms with Crippen LogP contribution in [0.25, 0.3) is 10.8 Å². The minimum Gasteiger partial charge on any atom is -0.507 e. The molecule has 0 saturated heterocycles. The van der Waals surface area contributed by atoms with Crippen LogP contribution in [0.1, 0.15) is 0 Å². The van der Waals surface area contributed by atoms with E-state index in [-0.39, 0.29) is 16.9 Å². The Morgan fingerprint density at radius 1 is 1.06 bits per heavy atom. The molecule has 0 aliphatic carbocycles. The Hall–Kier alpha value is -1.55. The lowest BCUT2D eigenvalue weighted by atomic mass is 10.1. The van der Waals surface area contributed by atoms with Gasteiger partial charge < -0.3 is 9.63 Å². The maximum atomic E-state index is 10.7. The van der Waals surface area contributed by atoms with Crippen LogP contribution in [0.5, 0.6) is 11.5 Å². The number of aromatic hydroxyl groups is 1. The molecule has 0 aliphatic heterocycles. The first-order chi connectivity index (χ1) is 7.47. The van der Waals surface area contributed by atoms with Crippen LogP contribution >= 0.6 is 7.82 Å². The van der Waals surface area contributed by atoms with Gasteiger partial charge in [0.2, 0.25) is 0 Å². The molecule has 0 amide bonds. The molecule has 0 unspecified atom stereocenters. The normalized spacial score (nSPS) is 11.6. The fourth-order valence-electron chi connectivity index (χ4n) is 1.49.